The Morgan fingerprint density at radius 1 is 1.43 bits per heavy atom. The average molecular weight is 291 g/mol. The highest BCUT2D eigenvalue weighted by Gasteiger charge is 2.23. The maximum atomic E-state index is 5.26. The third-order valence-corrected chi connectivity index (χ3v) is 4.06. The summed E-state index contributed by atoms with van der Waals surface area (Å²) in [5.41, 5.74) is 2.44. The predicted molar refractivity (Wildman–Crippen MR) is 87.7 cm³/mol. The smallest absolute Gasteiger partial charge is 0.128 e. The Hall–Kier alpha value is -1.13. The van der Waals surface area contributed by atoms with E-state index < -0.39 is 0 Å². The second-order valence-corrected chi connectivity index (χ2v) is 6.49. The van der Waals surface area contributed by atoms with E-state index in [0.29, 0.717) is 11.8 Å². The molecule has 0 aliphatic carbocycles. The second kappa shape index (κ2) is 7.76. The number of hydrogen-bond acceptors (Lipinski definition) is 4. The summed E-state index contributed by atoms with van der Waals surface area (Å²) in [6, 6.07) is 4.38. The van der Waals surface area contributed by atoms with Gasteiger partial charge in [-0.05, 0) is 37.4 Å². The third-order valence-electron chi connectivity index (χ3n) is 4.06. The highest BCUT2D eigenvalue weighted by molar-refractivity contribution is 5.42. The minimum atomic E-state index is 0.643. The summed E-state index contributed by atoms with van der Waals surface area (Å²) >= 11 is 0. The Kier molecular flexibility index (Phi) is 6.00. The molecule has 1 aliphatic rings. The number of hydrogen-bond donors (Lipinski definition) is 1. The zero-order valence-electron chi connectivity index (χ0n) is 13.9. The van der Waals surface area contributed by atoms with Gasteiger partial charge in [-0.15, -0.1) is 0 Å². The van der Waals surface area contributed by atoms with Crippen LogP contribution in [0.1, 0.15) is 31.5 Å². The molecular formula is C17H29N3O. The van der Waals surface area contributed by atoms with Crippen molar-refractivity contribution in [3.8, 4) is 0 Å². The number of aromatic nitrogens is 1. The largest absolute Gasteiger partial charge is 0.384 e. The molecule has 118 valence electrons. The van der Waals surface area contributed by atoms with E-state index in [9.17, 15) is 0 Å². The number of rotatable bonds is 7. The van der Waals surface area contributed by atoms with Crippen LogP contribution in [0.5, 0.6) is 0 Å². The molecule has 1 saturated heterocycles. The monoisotopic (exact) mass is 291 g/mol. The number of ether oxygens (including phenoxy) is 1. The Morgan fingerprint density at radius 2 is 2.24 bits per heavy atom. The standard InChI is InChI=1S/C17H29N3O/c1-13(2)9-18-10-16-5-6-17(19-14(16)3)20-8-7-15(11-20)12-21-4/h5-6,13,15,18H,7-12H2,1-4H3. The molecule has 1 N–H and O–H groups in total. The number of aryl methyl sites for hydroxylation is 1. The first-order chi connectivity index (χ1) is 10.1. The van der Waals surface area contributed by atoms with Crippen LogP contribution in [0.4, 0.5) is 5.82 Å². The van der Waals surface area contributed by atoms with Crippen molar-refractivity contribution in [1.82, 2.24) is 10.3 Å². The molecule has 4 heteroatoms. The van der Waals surface area contributed by atoms with Crippen molar-refractivity contribution in [3.63, 3.8) is 0 Å². The minimum absolute atomic E-state index is 0.643. The summed E-state index contributed by atoms with van der Waals surface area (Å²) in [5.74, 6) is 2.43. The van der Waals surface area contributed by atoms with Crippen molar-refractivity contribution in [3.05, 3.63) is 23.4 Å². The normalized spacial score (nSPS) is 18.7. The van der Waals surface area contributed by atoms with Gasteiger partial charge in [0, 0.05) is 38.4 Å². The fourth-order valence-corrected chi connectivity index (χ4v) is 2.85. The van der Waals surface area contributed by atoms with E-state index in [1.54, 1.807) is 7.11 Å². The summed E-state index contributed by atoms with van der Waals surface area (Å²) in [5, 5.41) is 3.48. The lowest BCUT2D eigenvalue weighted by Crippen LogP contribution is -2.23. The quantitative estimate of drug-likeness (QED) is 0.838. The molecule has 0 spiro atoms. The van der Waals surface area contributed by atoms with Gasteiger partial charge < -0.3 is 15.0 Å². The molecule has 1 aliphatic heterocycles. The van der Waals surface area contributed by atoms with Crippen molar-refractivity contribution < 1.29 is 4.74 Å². The maximum absolute atomic E-state index is 5.26. The summed E-state index contributed by atoms with van der Waals surface area (Å²) in [6.45, 7) is 11.5. The fourth-order valence-electron chi connectivity index (χ4n) is 2.85. The summed E-state index contributed by atoms with van der Waals surface area (Å²) in [6.07, 6.45) is 1.20. The van der Waals surface area contributed by atoms with E-state index in [0.717, 1.165) is 44.3 Å². The number of anilines is 1. The SMILES string of the molecule is COCC1CCN(c2ccc(CNCC(C)C)c(C)n2)C1. The first-order valence-electron chi connectivity index (χ1n) is 8.01. The van der Waals surface area contributed by atoms with E-state index in [1.807, 2.05) is 0 Å². The molecule has 1 unspecified atom stereocenters. The van der Waals surface area contributed by atoms with E-state index >= 15 is 0 Å². The van der Waals surface area contributed by atoms with Crippen molar-refractivity contribution in [2.75, 3.05) is 38.3 Å². The number of nitrogens with zero attached hydrogens (tertiary/aromatic N) is 2. The fraction of sp³-hybridized carbons (Fsp3) is 0.706. The molecule has 4 nitrogen and oxygen atoms in total. The number of nitrogens with one attached hydrogen (secondary N) is 1. The Labute approximate surface area is 128 Å². The zero-order chi connectivity index (χ0) is 15.2. The van der Waals surface area contributed by atoms with E-state index in [4.69, 9.17) is 9.72 Å². The topological polar surface area (TPSA) is 37.4 Å². The van der Waals surface area contributed by atoms with E-state index in [2.05, 4.69) is 43.1 Å². The molecule has 2 rings (SSSR count). The van der Waals surface area contributed by atoms with Crippen LogP contribution in [-0.4, -0.2) is 38.3 Å². The van der Waals surface area contributed by atoms with Crippen LogP contribution < -0.4 is 10.2 Å². The van der Waals surface area contributed by atoms with Gasteiger partial charge in [-0.3, -0.25) is 0 Å². The summed E-state index contributed by atoms with van der Waals surface area (Å²) in [4.78, 5) is 7.17. The number of methoxy groups -OCH3 is 1. The van der Waals surface area contributed by atoms with Gasteiger partial charge >= 0.3 is 0 Å². The van der Waals surface area contributed by atoms with Crippen molar-refractivity contribution >= 4 is 5.82 Å². The lowest BCUT2D eigenvalue weighted by molar-refractivity contribution is 0.161. The van der Waals surface area contributed by atoms with Gasteiger partial charge in [0.15, 0.2) is 0 Å². The van der Waals surface area contributed by atoms with Crippen molar-refractivity contribution in [1.29, 1.82) is 0 Å². The third kappa shape index (κ3) is 4.68. The van der Waals surface area contributed by atoms with Crippen molar-refractivity contribution in [2.24, 2.45) is 11.8 Å². The van der Waals surface area contributed by atoms with Crippen LogP contribution in [-0.2, 0) is 11.3 Å². The predicted octanol–water partition coefficient (Wildman–Crippen LogP) is 2.61. The lowest BCUT2D eigenvalue weighted by atomic mass is 10.1. The molecule has 1 aromatic rings. The first-order valence-corrected chi connectivity index (χ1v) is 8.01. The van der Waals surface area contributed by atoms with Gasteiger partial charge in [0.05, 0.1) is 6.61 Å². The van der Waals surface area contributed by atoms with Gasteiger partial charge in [0.2, 0.25) is 0 Å². The van der Waals surface area contributed by atoms with Crippen LogP contribution >= 0.6 is 0 Å². The van der Waals surface area contributed by atoms with Crippen LogP contribution in [0.2, 0.25) is 0 Å². The van der Waals surface area contributed by atoms with Gasteiger partial charge in [0.1, 0.15) is 5.82 Å². The highest BCUT2D eigenvalue weighted by Crippen LogP contribution is 2.23. The van der Waals surface area contributed by atoms with Crippen LogP contribution in [0, 0.1) is 18.8 Å². The molecule has 2 heterocycles. The highest BCUT2D eigenvalue weighted by atomic mass is 16.5. The molecule has 1 aromatic heterocycles. The Balaban J connectivity index is 1.93. The molecule has 0 bridgehead atoms. The van der Waals surface area contributed by atoms with E-state index in [-0.39, 0.29) is 0 Å². The van der Waals surface area contributed by atoms with Gasteiger partial charge in [0.25, 0.3) is 0 Å². The molecule has 0 saturated carbocycles. The summed E-state index contributed by atoms with van der Waals surface area (Å²) in [7, 11) is 1.78. The Bertz CT molecular complexity index is 448. The average Bonchev–Trinajstić information content (AvgIpc) is 2.89. The molecule has 1 fully saturated rings. The molecule has 1 atom stereocenters. The lowest BCUT2D eigenvalue weighted by Gasteiger charge is -2.19. The first kappa shape index (κ1) is 16.2. The molecular weight excluding hydrogens is 262 g/mol. The van der Waals surface area contributed by atoms with E-state index in [1.165, 1.54) is 12.0 Å². The van der Waals surface area contributed by atoms with Gasteiger partial charge in [-0.2, -0.15) is 0 Å². The minimum Gasteiger partial charge on any atom is -0.384 e. The van der Waals surface area contributed by atoms with Gasteiger partial charge in [-0.25, -0.2) is 4.98 Å². The molecule has 21 heavy (non-hydrogen) atoms. The van der Waals surface area contributed by atoms with Crippen LogP contribution in [0.25, 0.3) is 0 Å². The Morgan fingerprint density at radius 3 is 2.90 bits per heavy atom. The maximum Gasteiger partial charge on any atom is 0.128 e. The van der Waals surface area contributed by atoms with Gasteiger partial charge in [-0.1, -0.05) is 19.9 Å². The van der Waals surface area contributed by atoms with Crippen molar-refractivity contribution in [2.45, 2.75) is 33.7 Å². The molecule has 0 aromatic carbocycles. The summed E-state index contributed by atoms with van der Waals surface area (Å²) < 4.78 is 5.26. The molecule has 0 radical (unpaired) electrons. The number of pyridine rings is 1. The molecule has 0 amide bonds. The van der Waals surface area contributed by atoms with Crippen LogP contribution in [0.15, 0.2) is 12.1 Å². The van der Waals surface area contributed by atoms with Crippen LogP contribution in [0.3, 0.4) is 0 Å². The second-order valence-electron chi connectivity index (χ2n) is 6.49. The zero-order valence-corrected chi connectivity index (χ0v) is 13.9.